The summed E-state index contributed by atoms with van der Waals surface area (Å²) in [5, 5.41) is 2.82. The Labute approximate surface area is 117 Å². The Morgan fingerprint density at radius 2 is 2.15 bits per heavy atom. The van der Waals surface area contributed by atoms with Crippen LogP contribution in [0.5, 0.6) is 5.75 Å². The van der Waals surface area contributed by atoms with Gasteiger partial charge in [0, 0.05) is 18.3 Å². The van der Waals surface area contributed by atoms with E-state index in [-0.39, 0.29) is 5.91 Å². The largest absolute Gasteiger partial charge is 0.492 e. The maximum atomic E-state index is 12.1. The number of benzene rings is 1. The predicted octanol–water partition coefficient (Wildman–Crippen LogP) is 2.49. The van der Waals surface area contributed by atoms with Gasteiger partial charge in [0.1, 0.15) is 23.9 Å². The molecule has 20 heavy (non-hydrogen) atoms. The molecule has 2 rings (SSSR count). The van der Waals surface area contributed by atoms with Gasteiger partial charge in [-0.1, -0.05) is 6.07 Å². The predicted molar refractivity (Wildman–Crippen MR) is 77.1 cm³/mol. The van der Waals surface area contributed by atoms with Crippen molar-refractivity contribution in [1.82, 2.24) is 0 Å². The maximum Gasteiger partial charge on any atom is 0.259 e. The molecule has 0 spiro atoms. The summed E-state index contributed by atoms with van der Waals surface area (Å²) in [5.41, 5.74) is 6.59. The van der Waals surface area contributed by atoms with Crippen molar-refractivity contribution >= 4 is 11.6 Å². The average Bonchev–Trinajstić information content (AvgIpc) is 2.76. The van der Waals surface area contributed by atoms with E-state index in [0.29, 0.717) is 41.7 Å². The summed E-state index contributed by atoms with van der Waals surface area (Å²) < 4.78 is 10.8. The number of hydrogen-bond donors (Lipinski definition) is 2. The number of amides is 1. The molecule has 0 aliphatic heterocycles. The Morgan fingerprint density at radius 3 is 2.80 bits per heavy atom. The molecule has 0 bridgehead atoms. The van der Waals surface area contributed by atoms with Crippen molar-refractivity contribution in [2.75, 3.05) is 18.5 Å². The Bertz CT molecular complexity index is 605. The molecule has 5 nitrogen and oxygen atoms in total. The number of anilines is 1. The zero-order valence-electron chi connectivity index (χ0n) is 11.6. The van der Waals surface area contributed by atoms with Gasteiger partial charge in [0.05, 0.1) is 5.56 Å². The van der Waals surface area contributed by atoms with Crippen LogP contribution in [0.2, 0.25) is 0 Å². The van der Waals surface area contributed by atoms with E-state index < -0.39 is 0 Å². The van der Waals surface area contributed by atoms with Gasteiger partial charge in [0.25, 0.3) is 5.91 Å². The minimum atomic E-state index is -0.199. The Morgan fingerprint density at radius 1 is 1.35 bits per heavy atom. The molecule has 1 amide bonds. The molecule has 3 N–H and O–H groups in total. The maximum absolute atomic E-state index is 12.1. The van der Waals surface area contributed by atoms with E-state index >= 15 is 0 Å². The molecular weight excluding hydrogens is 256 g/mol. The third kappa shape index (κ3) is 3.39. The first-order chi connectivity index (χ1) is 9.60. The van der Waals surface area contributed by atoms with Gasteiger partial charge in [-0.2, -0.15) is 0 Å². The van der Waals surface area contributed by atoms with Gasteiger partial charge in [-0.15, -0.1) is 0 Å². The normalized spacial score (nSPS) is 10.3. The molecule has 1 aromatic carbocycles. The van der Waals surface area contributed by atoms with Crippen molar-refractivity contribution in [3.8, 4) is 5.75 Å². The number of carbonyl (C=O) groups is 1. The van der Waals surface area contributed by atoms with Gasteiger partial charge >= 0.3 is 0 Å². The molecule has 1 aromatic heterocycles. The van der Waals surface area contributed by atoms with Crippen molar-refractivity contribution in [2.45, 2.75) is 13.8 Å². The van der Waals surface area contributed by atoms with Crippen LogP contribution in [0, 0.1) is 13.8 Å². The zero-order valence-corrected chi connectivity index (χ0v) is 11.6. The third-order valence-corrected chi connectivity index (χ3v) is 2.76. The van der Waals surface area contributed by atoms with Gasteiger partial charge in [-0.3, -0.25) is 4.79 Å². The molecule has 0 atom stereocenters. The summed E-state index contributed by atoms with van der Waals surface area (Å²) in [6.07, 6.45) is 0. The summed E-state index contributed by atoms with van der Waals surface area (Å²) >= 11 is 0. The molecule has 0 aliphatic carbocycles. The van der Waals surface area contributed by atoms with E-state index in [1.54, 1.807) is 25.1 Å². The lowest BCUT2D eigenvalue weighted by Gasteiger charge is -2.08. The summed E-state index contributed by atoms with van der Waals surface area (Å²) in [6, 6.07) is 8.91. The van der Waals surface area contributed by atoms with Gasteiger partial charge in [0.15, 0.2) is 0 Å². The molecule has 1 heterocycles. The van der Waals surface area contributed by atoms with Crippen molar-refractivity contribution in [3.63, 3.8) is 0 Å². The monoisotopic (exact) mass is 274 g/mol. The van der Waals surface area contributed by atoms with Gasteiger partial charge in [-0.05, 0) is 32.0 Å². The Hall–Kier alpha value is -2.27. The van der Waals surface area contributed by atoms with Crippen LogP contribution in [0.1, 0.15) is 21.9 Å². The van der Waals surface area contributed by atoms with Crippen LogP contribution in [0.25, 0.3) is 0 Å². The fourth-order valence-corrected chi connectivity index (χ4v) is 1.90. The summed E-state index contributed by atoms with van der Waals surface area (Å²) in [6.45, 7) is 4.47. The zero-order chi connectivity index (χ0) is 14.5. The highest BCUT2D eigenvalue weighted by Crippen LogP contribution is 2.20. The lowest BCUT2D eigenvalue weighted by molar-refractivity contribution is 0.102. The Balaban J connectivity index is 2.09. The molecule has 2 aromatic rings. The fourth-order valence-electron chi connectivity index (χ4n) is 1.90. The molecule has 0 saturated heterocycles. The molecule has 0 unspecified atom stereocenters. The Kier molecular flexibility index (Phi) is 4.42. The number of hydrogen-bond acceptors (Lipinski definition) is 4. The van der Waals surface area contributed by atoms with Crippen LogP contribution in [0.3, 0.4) is 0 Å². The summed E-state index contributed by atoms with van der Waals surface area (Å²) in [7, 11) is 0. The number of nitrogens with one attached hydrogen (secondary N) is 1. The number of carbonyl (C=O) groups excluding carboxylic acids is 1. The second kappa shape index (κ2) is 6.25. The van der Waals surface area contributed by atoms with Crippen LogP contribution in [-0.4, -0.2) is 19.1 Å². The standard InChI is InChI=1S/C15H18N2O3/c1-10-8-14(11(2)20-10)15(18)17-12-4-3-5-13(9-12)19-7-6-16/h3-5,8-9H,6-7,16H2,1-2H3,(H,17,18). The summed E-state index contributed by atoms with van der Waals surface area (Å²) in [4.78, 5) is 12.1. The number of aryl methyl sites for hydroxylation is 2. The first-order valence-electron chi connectivity index (χ1n) is 6.41. The highest BCUT2D eigenvalue weighted by atomic mass is 16.5. The van der Waals surface area contributed by atoms with Gasteiger partial charge < -0.3 is 20.2 Å². The van der Waals surface area contributed by atoms with E-state index in [4.69, 9.17) is 14.9 Å². The molecule has 0 aliphatic rings. The molecule has 0 radical (unpaired) electrons. The van der Waals surface area contributed by atoms with E-state index in [9.17, 15) is 4.79 Å². The number of ether oxygens (including phenoxy) is 1. The smallest absolute Gasteiger partial charge is 0.259 e. The van der Waals surface area contributed by atoms with Crippen LogP contribution in [0.15, 0.2) is 34.7 Å². The van der Waals surface area contributed by atoms with E-state index in [1.165, 1.54) is 0 Å². The number of rotatable bonds is 5. The van der Waals surface area contributed by atoms with Crippen molar-refractivity contribution in [2.24, 2.45) is 5.73 Å². The van der Waals surface area contributed by atoms with Gasteiger partial charge in [0.2, 0.25) is 0 Å². The summed E-state index contributed by atoms with van der Waals surface area (Å²) in [5.74, 6) is 1.80. The number of furan rings is 1. The molecular formula is C15H18N2O3. The van der Waals surface area contributed by atoms with Crippen LogP contribution in [0.4, 0.5) is 5.69 Å². The molecule has 5 heteroatoms. The minimum absolute atomic E-state index is 0.199. The topological polar surface area (TPSA) is 77.5 Å². The van der Waals surface area contributed by atoms with Crippen LogP contribution in [-0.2, 0) is 0 Å². The first kappa shape index (κ1) is 14.1. The SMILES string of the molecule is Cc1cc(C(=O)Nc2cccc(OCCN)c2)c(C)o1. The second-order valence-electron chi connectivity index (χ2n) is 4.45. The van der Waals surface area contributed by atoms with Crippen molar-refractivity contribution < 1.29 is 13.9 Å². The highest BCUT2D eigenvalue weighted by Gasteiger charge is 2.13. The van der Waals surface area contributed by atoms with E-state index in [0.717, 1.165) is 0 Å². The fraction of sp³-hybridized carbons (Fsp3) is 0.267. The van der Waals surface area contributed by atoms with E-state index in [1.807, 2.05) is 19.1 Å². The molecule has 106 valence electrons. The third-order valence-electron chi connectivity index (χ3n) is 2.76. The van der Waals surface area contributed by atoms with Gasteiger partial charge in [-0.25, -0.2) is 0 Å². The molecule has 0 fully saturated rings. The second-order valence-corrected chi connectivity index (χ2v) is 4.45. The lowest BCUT2D eigenvalue weighted by atomic mass is 10.2. The molecule has 0 saturated carbocycles. The minimum Gasteiger partial charge on any atom is -0.492 e. The van der Waals surface area contributed by atoms with Crippen LogP contribution < -0.4 is 15.8 Å². The van der Waals surface area contributed by atoms with E-state index in [2.05, 4.69) is 5.32 Å². The van der Waals surface area contributed by atoms with Crippen LogP contribution >= 0.6 is 0 Å². The average molecular weight is 274 g/mol. The first-order valence-corrected chi connectivity index (χ1v) is 6.41. The number of nitrogens with two attached hydrogens (primary N) is 1. The van der Waals surface area contributed by atoms with Crippen molar-refractivity contribution in [3.05, 3.63) is 47.4 Å². The van der Waals surface area contributed by atoms with Crippen molar-refractivity contribution in [1.29, 1.82) is 0 Å². The highest BCUT2D eigenvalue weighted by molar-refractivity contribution is 6.05. The lowest BCUT2D eigenvalue weighted by Crippen LogP contribution is -2.13. The quantitative estimate of drug-likeness (QED) is 0.878.